The van der Waals surface area contributed by atoms with Crippen LogP contribution in [0.2, 0.25) is 0 Å². The molecule has 3 nitrogen and oxygen atoms in total. The van der Waals surface area contributed by atoms with Gasteiger partial charge in [0.25, 0.3) is 0 Å². The van der Waals surface area contributed by atoms with Gasteiger partial charge in [-0.2, -0.15) is 0 Å². The van der Waals surface area contributed by atoms with Crippen LogP contribution in [0.3, 0.4) is 0 Å². The fourth-order valence-electron chi connectivity index (χ4n) is 1.85. The summed E-state index contributed by atoms with van der Waals surface area (Å²) in [4.78, 5) is 12.7. The first-order valence-electron chi connectivity index (χ1n) is 5.17. The summed E-state index contributed by atoms with van der Waals surface area (Å²) in [7, 11) is 0. The van der Waals surface area contributed by atoms with Crippen LogP contribution in [0.1, 0.15) is 0 Å². The normalized spacial score (nSPS) is 12.5. The number of terminal acetylenes is 1. The molecule has 2 aromatic heterocycles. The van der Waals surface area contributed by atoms with Gasteiger partial charge in [-0.3, -0.25) is 9.97 Å². The second-order valence-corrected chi connectivity index (χ2v) is 4.66. The Labute approximate surface area is 104 Å². The Bertz CT molecular complexity index is 558. The minimum absolute atomic E-state index is 0.538. The number of anilines is 2. The summed E-state index contributed by atoms with van der Waals surface area (Å²) in [6.07, 6.45) is 12.7. The van der Waals surface area contributed by atoms with Crippen molar-refractivity contribution in [2.75, 3.05) is 11.4 Å². The van der Waals surface area contributed by atoms with Crippen molar-refractivity contribution >= 4 is 23.1 Å². The number of pyridine rings is 2. The van der Waals surface area contributed by atoms with Crippen LogP contribution in [-0.2, 0) is 0 Å². The molecular formula is C13H9N3S. The highest BCUT2D eigenvalue weighted by molar-refractivity contribution is 7.99. The van der Waals surface area contributed by atoms with E-state index in [9.17, 15) is 0 Å². The highest BCUT2D eigenvalue weighted by atomic mass is 32.2. The molecule has 0 saturated carbocycles. The second kappa shape index (κ2) is 4.11. The molecule has 0 amide bonds. The van der Waals surface area contributed by atoms with Gasteiger partial charge < -0.3 is 4.90 Å². The van der Waals surface area contributed by atoms with E-state index < -0.39 is 0 Å². The molecule has 82 valence electrons. The standard InChI is InChI=1S/C13H9N3S/c1-2-7-16-10-3-5-15-9-13(10)17-12-4-6-14-8-11(12)16/h1,3-6,8-9H,7H2. The number of hydrogen-bond acceptors (Lipinski definition) is 4. The number of nitrogens with zero attached hydrogens (tertiary/aromatic N) is 3. The lowest BCUT2D eigenvalue weighted by Gasteiger charge is -2.30. The highest BCUT2D eigenvalue weighted by Crippen LogP contribution is 2.46. The van der Waals surface area contributed by atoms with Gasteiger partial charge in [0.2, 0.25) is 0 Å². The van der Waals surface area contributed by atoms with Crippen LogP contribution >= 0.6 is 11.8 Å². The van der Waals surface area contributed by atoms with E-state index in [1.165, 1.54) is 0 Å². The summed E-state index contributed by atoms with van der Waals surface area (Å²) in [5, 5.41) is 0. The molecule has 3 heterocycles. The fraction of sp³-hybridized carbons (Fsp3) is 0.0769. The molecular weight excluding hydrogens is 230 g/mol. The van der Waals surface area contributed by atoms with Gasteiger partial charge >= 0.3 is 0 Å². The van der Waals surface area contributed by atoms with Crippen LogP contribution in [-0.4, -0.2) is 16.5 Å². The Morgan fingerprint density at radius 2 is 1.94 bits per heavy atom. The van der Waals surface area contributed by atoms with Crippen molar-refractivity contribution in [2.24, 2.45) is 0 Å². The third-order valence-corrected chi connectivity index (χ3v) is 3.67. The number of aromatic nitrogens is 2. The van der Waals surface area contributed by atoms with E-state index in [2.05, 4.69) is 20.8 Å². The zero-order valence-corrected chi connectivity index (χ0v) is 9.81. The van der Waals surface area contributed by atoms with Gasteiger partial charge in [0, 0.05) is 23.5 Å². The molecule has 0 atom stereocenters. The molecule has 17 heavy (non-hydrogen) atoms. The van der Waals surface area contributed by atoms with Crippen molar-refractivity contribution < 1.29 is 0 Å². The van der Waals surface area contributed by atoms with Crippen LogP contribution in [0, 0.1) is 12.3 Å². The average molecular weight is 239 g/mol. The summed E-state index contributed by atoms with van der Waals surface area (Å²) >= 11 is 1.70. The first kappa shape index (κ1) is 10.2. The van der Waals surface area contributed by atoms with Crippen molar-refractivity contribution in [3.8, 4) is 12.3 Å². The van der Waals surface area contributed by atoms with Gasteiger partial charge in [0.15, 0.2) is 0 Å². The molecule has 0 aromatic carbocycles. The maximum Gasteiger partial charge on any atom is 0.0841 e. The molecule has 0 unspecified atom stereocenters. The number of hydrogen-bond donors (Lipinski definition) is 0. The molecule has 1 aliphatic heterocycles. The summed E-state index contributed by atoms with van der Waals surface area (Å²) < 4.78 is 0. The lowest BCUT2D eigenvalue weighted by molar-refractivity contribution is 1.02. The van der Waals surface area contributed by atoms with Gasteiger partial charge in [0.05, 0.1) is 29.0 Å². The molecule has 0 bridgehead atoms. The van der Waals surface area contributed by atoms with Gasteiger partial charge in [-0.15, -0.1) is 6.42 Å². The Balaban J connectivity index is 2.18. The summed E-state index contributed by atoms with van der Waals surface area (Å²) in [6, 6.07) is 3.98. The summed E-state index contributed by atoms with van der Waals surface area (Å²) in [6.45, 7) is 0.538. The summed E-state index contributed by atoms with van der Waals surface area (Å²) in [5.41, 5.74) is 2.16. The molecule has 0 fully saturated rings. The van der Waals surface area contributed by atoms with Crippen molar-refractivity contribution in [1.29, 1.82) is 0 Å². The third kappa shape index (κ3) is 1.65. The largest absolute Gasteiger partial charge is 0.326 e. The molecule has 1 aliphatic rings. The van der Waals surface area contributed by atoms with E-state index in [1.807, 2.05) is 24.5 Å². The zero-order valence-electron chi connectivity index (χ0n) is 9.00. The second-order valence-electron chi connectivity index (χ2n) is 3.58. The SMILES string of the molecule is C#CCN1c2ccncc2Sc2ccncc21. The van der Waals surface area contributed by atoms with E-state index in [4.69, 9.17) is 6.42 Å². The van der Waals surface area contributed by atoms with E-state index in [0.29, 0.717) is 6.54 Å². The zero-order chi connectivity index (χ0) is 11.7. The van der Waals surface area contributed by atoms with E-state index in [0.717, 1.165) is 21.2 Å². The van der Waals surface area contributed by atoms with Gasteiger partial charge in [-0.25, -0.2) is 0 Å². The van der Waals surface area contributed by atoms with E-state index >= 15 is 0 Å². The van der Waals surface area contributed by atoms with Crippen LogP contribution in [0.4, 0.5) is 11.4 Å². The molecule has 0 saturated heterocycles. The Morgan fingerprint density at radius 1 is 1.12 bits per heavy atom. The first-order valence-corrected chi connectivity index (χ1v) is 5.98. The van der Waals surface area contributed by atoms with Gasteiger partial charge in [0.1, 0.15) is 0 Å². The fourth-order valence-corrected chi connectivity index (χ4v) is 2.88. The molecule has 0 aliphatic carbocycles. The van der Waals surface area contributed by atoms with Crippen LogP contribution in [0.25, 0.3) is 0 Å². The Hall–Kier alpha value is -1.99. The van der Waals surface area contributed by atoms with Crippen molar-refractivity contribution in [3.63, 3.8) is 0 Å². The molecule has 3 rings (SSSR count). The molecule has 0 N–H and O–H groups in total. The van der Waals surface area contributed by atoms with Crippen LogP contribution in [0.5, 0.6) is 0 Å². The van der Waals surface area contributed by atoms with Crippen LogP contribution < -0.4 is 4.90 Å². The topological polar surface area (TPSA) is 29.0 Å². The predicted molar refractivity (Wildman–Crippen MR) is 68.4 cm³/mol. The van der Waals surface area contributed by atoms with Gasteiger partial charge in [-0.05, 0) is 12.1 Å². The summed E-state index contributed by atoms with van der Waals surface area (Å²) in [5.74, 6) is 2.69. The Kier molecular flexibility index (Phi) is 2.46. The number of rotatable bonds is 1. The first-order chi connectivity index (χ1) is 8.40. The van der Waals surface area contributed by atoms with E-state index in [1.54, 1.807) is 24.2 Å². The molecule has 4 heteroatoms. The maximum atomic E-state index is 5.44. The molecule has 0 radical (unpaired) electrons. The molecule has 2 aromatic rings. The average Bonchev–Trinajstić information content (AvgIpc) is 2.39. The van der Waals surface area contributed by atoms with Crippen LogP contribution in [0.15, 0.2) is 46.7 Å². The third-order valence-electron chi connectivity index (χ3n) is 2.57. The smallest absolute Gasteiger partial charge is 0.0841 e. The lowest BCUT2D eigenvalue weighted by atomic mass is 10.3. The van der Waals surface area contributed by atoms with E-state index in [-0.39, 0.29) is 0 Å². The van der Waals surface area contributed by atoms with Crippen molar-refractivity contribution in [2.45, 2.75) is 9.79 Å². The predicted octanol–water partition coefficient (Wildman–Crippen LogP) is 2.71. The number of fused-ring (bicyclic) bond motifs is 2. The minimum atomic E-state index is 0.538. The monoisotopic (exact) mass is 239 g/mol. The highest BCUT2D eigenvalue weighted by Gasteiger charge is 2.22. The quantitative estimate of drug-likeness (QED) is 0.715. The van der Waals surface area contributed by atoms with Crippen molar-refractivity contribution in [3.05, 3.63) is 36.9 Å². The lowest BCUT2D eigenvalue weighted by Crippen LogP contribution is -2.21. The Morgan fingerprint density at radius 3 is 2.82 bits per heavy atom. The van der Waals surface area contributed by atoms with Gasteiger partial charge in [-0.1, -0.05) is 17.7 Å². The minimum Gasteiger partial charge on any atom is -0.326 e. The maximum absolute atomic E-state index is 5.44. The van der Waals surface area contributed by atoms with Crippen molar-refractivity contribution in [1.82, 2.24) is 9.97 Å². The molecule has 0 spiro atoms.